The molecule has 0 N–H and O–H groups in total. The van der Waals surface area contributed by atoms with Crippen molar-refractivity contribution in [3.05, 3.63) is 12.2 Å². The Hall–Kier alpha value is -0.260. The van der Waals surface area contributed by atoms with Gasteiger partial charge in [-0.3, -0.25) is 0 Å². The standard InChI is InChI=1S/C12H24/c1-7-12(10(4)5)11(6)8-9(2)3/h10-12H,2,7-8H2,1,3-6H3. The first kappa shape index (κ1) is 11.7. The van der Waals surface area contributed by atoms with Crippen molar-refractivity contribution >= 4 is 0 Å². The van der Waals surface area contributed by atoms with Crippen LogP contribution in [0.2, 0.25) is 0 Å². The first-order valence-electron chi connectivity index (χ1n) is 5.13. The molecule has 0 heterocycles. The van der Waals surface area contributed by atoms with Gasteiger partial charge in [0.25, 0.3) is 0 Å². The molecule has 0 radical (unpaired) electrons. The van der Waals surface area contributed by atoms with Crippen LogP contribution in [-0.2, 0) is 0 Å². The van der Waals surface area contributed by atoms with Crippen LogP contribution >= 0.6 is 0 Å². The Bertz CT molecular complexity index is 133. The summed E-state index contributed by atoms with van der Waals surface area (Å²) in [7, 11) is 0. The van der Waals surface area contributed by atoms with Gasteiger partial charge in [-0.25, -0.2) is 0 Å². The summed E-state index contributed by atoms with van der Waals surface area (Å²) in [6, 6.07) is 0. The second-order valence-electron chi connectivity index (χ2n) is 4.45. The third-order valence-electron chi connectivity index (χ3n) is 2.73. The molecule has 12 heavy (non-hydrogen) atoms. The molecule has 0 amide bonds. The van der Waals surface area contributed by atoms with E-state index in [1.54, 1.807) is 0 Å². The minimum Gasteiger partial charge on any atom is -0.100 e. The van der Waals surface area contributed by atoms with Crippen LogP contribution < -0.4 is 0 Å². The third kappa shape index (κ3) is 3.94. The molecular formula is C12H24. The summed E-state index contributed by atoms with van der Waals surface area (Å²) in [6.07, 6.45) is 2.49. The molecule has 0 bridgehead atoms. The molecule has 0 aromatic heterocycles. The molecule has 0 saturated heterocycles. The summed E-state index contributed by atoms with van der Waals surface area (Å²) in [5.41, 5.74) is 1.32. The Balaban J connectivity index is 4.02. The van der Waals surface area contributed by atoms with E-state index in [0.717, 1.165) is 17.8 Å². The van der Waals surface area contributed by atoms with Crippen LogP contribution in [0, 0.1) is 17.8 Å². The highest BCUT2D eigenvalue weighted by Gasteiger charge is 2.18. The van der Waals surface area contributed by atoms with E-state index in [1.165, 1.54) is 18.4 Å². The predicted molar refractivity (Wildman–Crippen MR) is 57.2 cm³/mol. The molecule has 0 aromatic carbocycles. The van der Waals surface area contributed by atoms with Gasteiger partial charge in [0.2, 0.25) is 0 Å². The van der Waals surface area contributed by atoms with E-state index >= 15 is 0 Å². The first-order chi connectivity index (χ1) is 5.49. The fourth-order valence-electron chi connectivity index (χ4n) is 2.23. The highest BCUT2D eigenvalue weighted by Crippen LogP contribution is 2.28. The summed E-state index contributed by atoms with van der Waals surface area (Å²) in [4.78, 5) is 0. The van der Waals surface area contributed by atoms with E-state index in [2.05, 4.69) is 41.2 Å². The average molecular weight is 168 g/mol. The molecule has 72 valence electrons. The molecule has 0 aromatic rings. The van der Waals surface area contributed by atoms with E-state index in [0.29, 0.717) is 0 Å². The number of hydrogen-bond donors (Lipinski definition) is 0. The minimum atomic E-state index is 0.799. The molecule has 0 fully saturated rings. The van der Waals surface area contributed by atoms with Gasteiger partial charge in [-0.15, -0.1) is 6.58 Å². The van der Waals surface area contributed by atoms with Gasteiger partial charge in [-0.1, -0.05) is 39.7 Å². The van der Waals surface area contributed by atoms with Crippen LogP contribution in [0.1, 0.15) is 47.5 Å². The summed E-state index contributed by atoms with van der Waals surface area (Å²) in [5.74, 6) is 2.47. The van der Waals surface area contributed by atoms with Gasteiger partial charge >= 0.3 is 0 Å². The monoisotopic (exact) mass is 168 g/mol. The van der Waals surface area contributed by atoms with E-state index in [1.807, 2.05) is 0 Å². The molecule has 0 saturated carbocycles. The molecular weight excluding hydrogens is 144 g/mol. The summed E-state index contributed by atoms with van der Waals surface area (Å²) >= 11 is 0. The number of rotatable bonds is 5. The SMILES string of the molecule is C=C(C)CC(C)C(CC)C(C)C. The van der Waals surface area contributed by atoms with Crippen LogP contribution in [0.15, 0.2) is 12.2 Å². The third-order valence-corrected chi connectivity index (χ3v) is 2.73. The van der Waals surface area contributed by atoms with Gasteiger partial charge in [-0.2, -0.15) is 0 Å². The molecule has 0 heteroatoms. The highest BCUT2D eigenvalue weighted by atomic mass is 14.2. The maximum atomic E-state index is 3.97. The largest absolute Gasteiger partial charge is 0.100 e. The van der Waals surface area contributed by atoms with Crippen molar-refractivity contribution in [3.63, 3.8) is 0 Å². The molecule has 2 unspecified atom stereocenters. The summed E-state index contributed by atoms with van der Waals surface area (Å²) in [6.45, 7) is 15.4. The van der Waals surface area contributed by atoms with Crippen molar-refractivity contribution in [1.82, 2.24) is 0 Å². The van der Waals surface area contributed by atoms with Crippen LogP contribution in [0.25, 0.3) is 0 Å². The lowest BCUT2D eigenvalue weighted by molar-refractivity contribution is 0.260. The zero-order valence-corrected chi connectivity index (χ0v) is 9.35. The van der Waals surface area contributed by atoms with Crippen LogP contribution in [0.3, 0.4) is 0 Å². The normalized spacial score (nSPS) is 16.2. The van der Waals surface area contributed by atoms with E-state index in [9.17, 15) is 0 Å². The van der Waals surface area contributed by atoms with Gasteiger partial charge in [-0.05, 0) is 31.1 Å². The highest BCUT2D eigenvalue weighted by molar-refractivity contribution is 4.91. The second-order valence-corrected chi connectivity index (χ2v) is 4.45. The van der Waals surface area contributed by atoms with Gasteiger partial charge in [0, 0.05) is 0 Å². The Morgan fingerprint density at radius 3 is 2.00 bits per heavy atom. The molecule has 0 nitrogen and oxygen atoms in total. The van der Waals surface area contributed by atoms with Gasteiger partial charge in [0.05, 0.1) is 0 Å². The first-order valence-corrected chi connectivity index (χ1v) is 5.13. The van der Waals surface area contributed by atoms with Crippen molar-refractivity contribution in [3.8, 4) is 0 Å². The van der Waals surface area contributed by atoms with Crippen LogP contribution in [0.4, 0.5) is 0 Å². The van der Waals surface area contributed by atoms with Gasteiger partial charge in [0.15, 0.2) is 0 Å². The van der Waals surface area contributed by atoms with Crippen molar-refractivity contribution < 1.29 is 0 Å². The zero-order valence-electron chi connectivity index (χ0n) is 9.35. The Kier molecular flexibility index (Phi) is 5.28. The van der Waals surface area contributed by atoms with E-state index in [4.69, 9.17) is 0 Å². The van der Waals surface area contributed by atoms with Crippen LogP contribution in [0.5, 0.6) is 0 Å². The quantitative estimate of drug-likeness (QED) is 0.538. The molecule has 0 aliphatic carbocycles. The lowest BCUT2D eigenvalue weighted by atomic mass is 9.80. The molecule has 0 aliphatic rings. The van der Waals surface area contributed by atoms with E-state index < -0.39 is 0 Å². The van der Waals surface area contributed by atoms with Gasteiger partial charge in [0.1, 0.15) is 0 Å². The predicted octanol–water partition coefficient (Wildman–Crippen LogP) is 4.27. The van der Waals surface area contributed by atoms with Crippen molar-refractivity contribution in [2.45, 2.75) is 47.5 Å². The smallest absolute Gasteiger partial charge is 0.0297 e. The molecule has 0 spiro atoms. The Morgan fingerprint density at radius 1 is 1.25 bits per heavy atom. The zero-order chi connectivity index (χ0) is 9.72. The van der Waals surface area contributed by atoms with Gasteiger partial charge < -0.3 is 0 Å². The molecule has 0 aliphatic heterocycles. The maximum absolute atomic E-state index is 3.97. The van der Waals surface area contributed by atoms with Crippen molar-refractivity contribution in [2.24, 2.45) is 17.8 Å². The Labute approximate surface area is 78.1 Å². The fraction of sp³-hybridized carbons (Fsp3) is 0.833. The fourth-order valence-corrected chi connectivity index (χ4v) is 2.23. The number of allylic oxidation sites excluding steroid dienone is 1. The minimum absolute atomic E-state index is 0.799. The van der Waals surface area contributed by atoms with Crippen molar-refractivity contribution in [1.29, 1.82) is 0 Å². The topological polar surface area (TPSA) is 0 Å². The molecule has 2 atom stereocenters. The lowest BCUT2D eigenvalue weighted by Crippen LogP contribution is -2.17. The van der Waals surface area contributed by atoms with E-state index in [-0.39, 0.29) is 0 Å². The average Bonchev–Trinajstić information content (AvgIpc) is 1.85. The summed E-state index contributed by atoms with van der Waals surface area (Å²) in [5, 5.41) is 0. The lowest BCUT2D eigenvalue weighted by Gasteiger charge is -2.26. The Morgan fingerprint density at radius 2 is 1.75 bits per heavy atom. The summed E-state index contributed by atoms with van der Waals surface area (Å²) < 4.78 is 0. The molecule has 0 rings (SSSR count). The second kappa shape index (κ2) is 5.40. The van der Waals surface area contributed by atoms with Crippen LogP contribution in [-0.4, -0.2) is 0 Å². The van der Waals surface area contributed by atoms with Crippen molar-refractivity contribution in [2.75, 3.05) is 0 Å². The number of hydrogen-bond acceptors (Lipinski definition) is 0. The maximum Gasteiger partial charge on any atom is -0.0297 e.